The van der Waals surface area contributed by atoms with E-state index in [0.717, 1.165) is 31.4 Å². The van der Waals surface area contributed by atoms with Crippen LogP contribution < -0.4 is 11.3 Å². The summed E-state index contributed by atoms with van der Waals surface area (Å²) in [5.74, 6) is 5.30. The van der Waals surface area contributed by atoms with E-state index in [4.69, 9.17) is 10.6 Å². The summed E-state index contributed by atoms with van der Waals surface area (Å²) in [6.07, 6.45) is 1.88. The summed E-state index contributed by atoms with van der Waals surface area (Å²) in [5, 5.41) is 0.766. The number of nitrogens with one attached hydrogen (secondary N) is 1. The van der Waals surface area contributed by atoms with Gasteiger partial charge in [0.05, 0.1) is 12.2 Å². The number of thiazole rings is 1. The van der Waals surface area contributed by atoms with Crippen molar-refractivity contribution in [2.45, 2.75) is 26.0 Å². The fourth-order valence-electron chi connectivity index (χ4n) is 1.92. The first-order valence-electron chi connectivity index (χ1n) is 5.37. The zero-order chi connectivity index (χ0) is 11.6. The second-order valence-electron chi connectivity index (χ2n) is 4.59. The smallest absolute Gasteiger partial charge is 0.197 e. The van der Waals surface area contributed by atoms with Crippen LogP contribution >= 0.6 is 11.3 Å². The van der Waals surface area contributed by atoms with E-state index in [1.807, 2.05) is 6.20 Å². The van der Waals surface area contributed by atoms with Gasteiger partial charge in [-0.15, -0.1) is 0 Å². The van der Waals surface area contributed by atoms with Crippen LogP contribution in [-0.2, 0) is 11.3 Å². The Hall–Kier alpha value is -0.690. The molecule has 1 saturated heterocycles. The lowest BCUT2D eigenvalue weighted by Gasteiger charge is -2.37. The molecule has 0 aromatic carbocycles. The SMILES string of the molecule is CC1(C)CN(Cc2cnc(NN)s2)CCO1. The Morgan fingerprint density at radius 3 is 3.12 bits per heavy atom. The van der Waals surface area contributed by atoms with Crippen LogP contribution in [-0.4, -0.2) is 35.2 Å². The highest BCUT2D eigenvalue weighted by molar-refractivity contribution is 7.15. The Kier molecular flexibility index (Phi) is 3.44. The van der Waals surface area contributed by atoms with Crippen molar-refractivity contribution in [1.29, 1.82) is 0 Å². The minimum atomic E-state index is -0.0438. The normalized spacial score (nSPS) is 20.9. The maximum Gasteiger partial charge on any atom is 0.197 e. The van der Waals surface area contributed by atoms with Gasteiger partial charge in [-0.2, -0.15) is 0 Å². The standard InChI is InChI=1S/C10H18N4OS/c1-10(2)7-14(3-4-15-10)6-8-5-12-9(13-11)16-8/h5H,3-4,6-7,11H2,1-2H3,(H,12,13). The number of ether oxygens (including phenoxy) is 1. The van der Waals surface area contributed by atoms with E-state index < -0.39 is 0 Å². The van der Waals surface area contributed by atoms with Crippen LogP contribution in [0.15, 0.2) is 6.20 Å². The molecular formula is C10H18N4OS. The molecule has 0 radical (unpaired) electrons. The minimum absolute atomic E-state index is 0.0438. The Bertz CT molecular complexity index is 352. The van der Waals surface area contributed by atoms with Crippen molar-refractivity contribution in [2.75, 3.05) is 25.1 Å². The fourth-order valence-corrected chi connectivity index (χ4v) is 2.68. The highest BCUT2D eigenvalue weighted by Crippen LogP contribution is 2.22. The maximum atomic E-state index is 5.67. The molecule has 0 bridgehead atoms. The predicted octanol–water partition coefficient (Wildman–Crippen LogP) is 1.04. The molecular weight excluding hydrogens is 224 g/mol. The van der Waals surface area contributed by atoms with Crippen molar-refractivity contribution in [1.82, 2.24) is 9.88 Å². The van der Waals surface area contributed by atoms with Gasteiger partial charge < -0.3 is 4.74 Å². The number of nitrogens with zero attached hydrogens (tertiary/aromatic N) is 2. The van der Waals surface area contributed by atoms with E-state index in [1.165, 1.54) is 4.88 Å². The van der Waals surface area contributed by atoms with Gasteiger partial charge in [-0.1, -0.05) is 11.3 Å². The lowest BCUT2D eigenvalue weighted by Crippen LogP contribution is -2.47. The third-order valence-electron chi connectivity index (χ3n) is 2.56. The van der Waals surface area contributed by atoms with Gasteiger partial charge in [0.1, 0.15) is 0 Å². The topological polar surface area (TPSA) is 63.4 Å². The molecule has 90 valence electrons. The third kappa shape index (κ3) is 2.91. The number of rotatable bonds is 3. The van der Waals surface area contributed by atoms with Gasteiger partial charge >= 0.3 is 0 Å². The zero-order valence-electron chi connectivity index (χ0n) is 9.69. The largest absolute Gasteiger partial charge is 0.373 e. The Morgan fingerprint density at radius 2 is 2.50 bits per heavy atom. The van der Waals surface area contributed by atoms with Crippen molar-refractivity contribution >= 4 is 16.5 Å². The van der Waals surface area contributed by atoms with Gasteiger partial charge in [-0.05, 0) is 13.8 Å². The van der Waals surface area contributed by atoms with Crippen LogP contribution in [0.25, 0.3) is 0 Å². The molecule has 0 atom stereocenters. The molecule has 1 aromatic rings. The number of hydrogen-bond acceptors (Lipinski definition) is 6. The van der Waals surface area contributed by atoms with Gasteiger partial charge in [-0.25, -0.2) is 10.8 Å². The second kappa shape index (κ2) is 4.67. The van der Waals surface area contributed by atoms with Crippen LogP contribution in [0.1, 0.15) is 18.7 Å². The number of hydrazine groups is 1. The first-order valence-corrected chi connectivity index (χ1v) is 6.18. The number of nitrogen functional groups attached to an aromatic ring is 1. The third-order valence-corrected chi connectivity index (χ3v) is 3.47. The van der Waals surface area contributed by atoms with E-state index in [0.29, 0.717) is 0 Å². The number of anilines is 1. The van der Waals surface area contributed by atoms with E-state index in [9.17, 15) is 0 Å². The quantitative estimate of drug-likeness (QED) is 0.612. The summed E-state index contributed by atoms with van der Waals surface area (Å²) < 4.78 is 5.67. The van der Waals surface area contributed by atoms with E-state index in [-0.39, 0.29) is 5.60 Å². The monoisotopic (exact) mass is 242 g/mol. The lowest BCUT2D eigenvalue weighted by atomic mass is 10.1. The predicted molar refractivity (Wildman–Crippen MR) is 65.2 cm³/mol. The molecule has 0 amide bonds. The summed E-state index contributed by atoms with van der Waals surface area (Å²) in [6.45, 7) is 7.90. The molecule has 1 aliphatic rings. The summed E-state index contributed by atoms with van der Waals surface area (Å²) in [4.78, 5) is 7.77. The van der Waals surface area contributed by atoms with Gasteiger partial charge in [0.2, 0.25) is 0 Å². The van der Waals surface area contributed by atoms with Crippen molar-refractivity contribution in [3.05, 3.63) is 11.1 Å². The highest BCUT2D eigenvalue weighted by Gasteiger charge is 2.27. The lowest BCUT2D eigenvalue weighted by molar-refractivity contribution is -0.0880. The summed E-state index contributed by atoms with van der Waals surface area (Å²) >= 11 is 1.60. The summed E-state index contributed by atoms with van der Waals surface area (Å²) in [6, 6.07) is 0. The molecule has 0 spiro atoms. The van der Waals surface area contributed by atoms with Crippen molar-refractivity contribution < 1.29 is 4.74 Å². The van der Waals surface area contributed by atoms with Gasteiger partial charge in [0.15, 0.2) is 5.13 Å². The van der Waals surface area contributed by atoms with Gasteiger partial charge in [-0.3, -0.25) is 10.3 Å². The molecule has 0 saturated carbocycles. The van der Waals surface area contributed by atoms with Gasteiger partial charge in [0, 0.05) is 30.7 Å². The molecule has 3 N–H and O–H groups in total. The highest BCUT2D eigenvalue weighted by atomic mass is 32.1. The fraction of sp³-hybridized carbons (Fsp3) is 0.700. The molecule has 0 unspecified atom stereocenters. The molecule has 16 heavy (non-hydrogen) atoms. The zero-order valence-corrected chi connectivity index (χ0v) is 10.5. The number of nitrogens with two attached hydrogens (primary N) is 1. The van der Waals surface area contributed by atoms with Crippen LogP contribution in [0.5, 0.6) is 0 Å². The molecule has 1 aromatic heterocycles. The van der Waals surface area contributed by atoms with Crippen molar-refractivity contribution in [3.8, 4) is 0 Å². The number of morpholine rings is 1. The van der Waals surface area contributed by atoms with Crippen LogP contribution in [0.2, 0.25) is 0 Å². The van der Waals surface area contributed by atoms with Crippen LogP contribution in [0, 0.1) is 0 Å². The average Bonchev–Trinajstić information content (AvgIpc) is 2.64. The Morgan fingerprint density at radius 1 is 1.69 bits per heavy atom. The number of hydrogen-bond donors (Lipinski definition) is 2. The van der Waals surface area contributed by atoms with E-state index >= 15 is 0 Å². The van der Waals surface area contributed by atoms with Crippen LogP contribution in [0.4, 0.5) is 5.13 Å². The molecule has 2 rings (SSSR count). The van der Waals surface area contributed by atoms with Crippen molar-refractivity contribution in [2.24, 2.45) is 5.84 Å². The Balaban J connectivity index is 1.94. The molecule has 1 aliphatic heterocycles. The summed E-state index contributed by atoms with van der Waals surface area (Å²) in [7, 11) is 0. The molecule has 2 heterocycles. The summed E-state index contributed by atoms with van der Waals surface area (Å²) in [5.41, 5.74) is 2.52. The second-order valence-corrected chi connectivity index (χ2v) is 5.71. The Labute approximate surface area is 99.6 Å². The van der Waals surface area contributed by atoms with E-state index in [2.05, 4.69) is 29.2 Å². The van der Waals surface area contributed by atoms with E-state index in [1.54, 1.807) is 11.3 Å². The first kappa shape index (κ1) is 11.8. The maximum absolute atomic E-state index is 5.67. The first-order chi connectivity index (χ1) is 7.59. The number of aromatic nitrogens is 1. The minimum Gasteiger partial charge on any atom is -0.373 e. The van der Waals surface area contributed by atoms with Crippen molar-refractivity contribution in [3.63, 3.8) is 0 Å². The average molecular weight is 242 g/mol. The van der Waals surface area contributed by atoms with Crippen LogP contribution in [0.3, 0.4) is 0 Å². The molecule has 6 heteroatoms. The molecule has 5 nitrogen and oxygen atoms in total. The molecule has 0 aliphatic carbocycles. The molecule has 1 fully saturated rings. The van der Waals surface area contributed by atoms with Gasteiger partial charge in [0.25, 0.3) is 0 Å².